The lowest BCUT2D eigenvalue weighted by Crippen LogP contribution is -2.57. The van der Waals surface area contributed by atoms with E-state index in [2.05, 4.69) is 48.0 Å². The van der Waals surface area contributed by atoms with Gasteiger partial charge in [0.15, 0.2) is 0 Å². The van der Waals surface area contributed by atoms with Crippen molar-refractivity contribution in [3.8, 4) is 0 Å². The molecule has 0 aromatic rings. The number of piperidine rings is 1. The van der Waals surface area contributed by atoms with Gasteiger partial charge in [-0.1, -0.05) is 6.92 Å². The van der Waals surface area contributed by atoms with Gasteiger partial charge in [-0.25, -0.2) is 0 Å². The van der Waals surface area contributed by atoms with Crippen LogP contribution in [-0.2, 0) is 0 Å². The van der Waals surface area contributed by atoms with E-state index in [0.717, 1.165) is 12.1 Å². The SMILES string of the molecule is CCCNC1CCN(CC2CN(C)CCN2C)C(C)C1. The van der Waals surface area contributed by atoms with Crippen molar-refractivity contribution < 1.29 is 0 Å². The normalized spacial score (nSPS) is 34.5. The van der Waals surface area contributed by atoms with Gasteiger partial charge in [-0.05, 0) is 53.4 Å². The Morgan fingerprint density at radius 3 is 2.65 bits per heavy atom. The number of likely N-dealkylation sites (tertiary alicyclic amines) is 1. The van der Waals surface area contributed by atoms with Crippen molar-refractivity contribution in [3.05, 3.63) is 0 Å². The summed E-state index contributed by atoms with van der Waals surface area (Å²) in [6.45, 7) is 12.0. The molecule has 2 saturated heterocycles. The van der Waals surface area contributed by atoms with E-state index >= 15 is 0 Å². The largest absolute Gasteiger partial charge is 0.314 e. The van der Waals surface area contributed by atoms with Crippen LogP contribution >= 0.6 is 0 Å². The summed E-state index contributed by atoms with van der Waals surface area (Å²) in [7, 11) is 4.54. The van der Waals surface area contributed by atoms with Crippen LogP contribution in [-0.4, -0.2) is 86.2 Å². The molecule has 118 valence electrons. The molecule has 0 bridgehead atoms. The van der Waals surface area contributed by atoms with Gasteiger partial charge in [-0.2, -0.15) is 0 Å². The molecule has 2 rings (SSSR count). The minimum Gasteiger partial charge on any atom is -0.314 e. The molecule has 3 atom stereocenters. The molecule has 0 amide bonds. The summed E-state index contributed by atoms with van der Waals surface area (Å²) in [4.78, 5) is 7.74. The zero-order valence-corrected chi connectivity index (χ0v) is 13.9. The summed E-state index contributed by atoms with van der Waals surface area (Å²) in [5.41, 5.74) is 0. The fourth-order valence-electron chi connectivity index (χ4n) is 3.60. The molecular formula is C16H34N4. The fourth-order valence-corrected chi connectivity index (χ4v) is 3.60. The van der Waals surface area contributed by atoms with Gasteiger partial charge in [0.1, 0.15) is 0 Å². The molecule has 0 aromatic carbocycles. The monoisotopic (exact) mass is 282 g/mol. The molecule has 0 aliphatic carbocycles. The number of hydrogen-bond acceptors (Lipinski definition) is 4. The van der Waals surface area contributed by atoms with Crippen molar-refractivity contribution in [1.82, 2.24) is 20.0 Å². The lowest BCUT2D eigenvalue weighted by molar-refractivity contribution is 0.0526. The van der Waals surface area contributed by atoms with Crippen LogP contribution < -0.4 is 5.32 Å². The van der Waals surface area contributed by atoms with Crippen molar-refractivity contribution in [2.45, 2.75) is 51.2 Å². The van der Waals surface area contributed by atoms with Crippen LogP contribution in [0, 0.1) is 0 Å². The van der Waals surface area contributed by atoms with Gasteiger partial charge < -0.3 is 10.2 Å². The molecule has 4 heteroatoms. The quantitative estimate of drug-likeness (QED) is 0.815. The average molecular weight is 282 g/mol. The van der Waals surface area contributed by atoms with E-state index in [1.54, 1.807) is 0 Å². The van der Waals surface area contributed by atoms with Crippen LogP contribution in [0.5, 0.6) is 0 Å². The first kappa shape index (κ1) is 16.2. The highest BCUT2D eigenvalue weighted by atomic mass is 15.3. The van der Waals surface area contributed by atoms with Crippen LogP contribution in [0.25, 0.3) is 0 Å². The number of rotatable bonds is 5. The van der Waals surface area contributed by atoms with Gasteiger partial charge in [-0.15, -0.1) is 0 Å². The van der Waals surface area contributed by atoms with Crippen molar-refractivity contribution in [3.63, 3.8) is 0 Å². The molecule has 0 aromatic heterocycles. The molecule has 0 radical (unpaired) electrons. The van der Waals surface area contributed by atoms with Crippen LogP contribution in [0.4, 0.5) is 0 Å². The first-order valence-electron chi connectivity index (χ1n) is 8.46. The van der Waals surface area contributed by atoms with E-state index in [-0.39, 0.29) is 0 Å². The van der Waals surface area contributed by atoms with Crippen molar-refractivity contribution in [2.24, 2.45) is 0 Å². The van der Waals surface area contributed by atoms with Gasteiger partial charge in [0.25, 0.3) is 0 Å². The smallest absolute Gasteiger partial charge is 0.0347 e. The van der Waals surface area contributed by atoms with Gasteiger partial charge in [-0.3, -0.25) is 9.80 Å². The Morgan fingerprint density at radius 1 is 1.15 bits per heavy atom. The molecule has 2 heterocycles. The van der Waals surface area contributed by atoms with E-state index in [1.807, 2.05) is 0 Å². The van der Waals surface area contributed by atoms with Crippen molar-refractivity contribution in [2.75, 3.05) is 53.4 Å². The Balaban J connectivity index is 1.79. The van der Waals surface area contributed by atoms with E-state index in [9.17, 15) is 0 Å². The maximum Gasteiger partial charge on any atom is 0.0347 e. The van der Waals surface area contributed by atoms with Crippen molar-refractivity contribution >= 4 is 0 Å². The third kappa shape index (κ3) is 4.42. The first-order valence-corrected chi connectivity index (χ1v) is 8.46. The zero-order chi connectivity index (χ0) is 14.5. The standard InChI is InChI=1S/C16H34N4/c1-5-7-17-15-6-8-20(14(2)11-15)13-16-12-18(3)9-10-19(16)4/h14-17H,5-13H2,1-4H3. The number of likely N-dealkylation sites (N-methyl/N-ethyl adjacent to an activating group) is 2. The highest BCUT2D eigenvalue weighted by Gasteiger charge is 2.29. The Bertz CT molecular complexity index is 284. The molecule has 2 aliphatic rings. The van der Waals surface area contributed by atoms with Gasteiger partial charge in [0, 0.05) is 44.3 Å². The highest BCUT2D eigenvalue weighted by molar-refractivity contribution is 4.88. The fraction of sp³-hybridized carbons (Fsp3) is 1.00. The molecule has 4 nitrogen and oxygen atoms in total. The summed E-state index contributed by atoms with van der Waals surface area (Å²) < 4.78 is 0. The zero-order valence-electron chi connectivity index (χ0n) is 13.9. The predicted octanol–water partition coefficient (Wildman–Crippen LogP) is 1.08. The maximum atomic E-state index is 3.70. The number of piperazine rings is 1. The summed E-state index contributed by atoms with van der Waals surface area (Å²) in [6, 6.07) is 2.17. The Labute approximate surface area is 125 Å². The van der Waals surface area contributed by atoms with Gasteiger partial charge >= 0.3 is 0 Å². The van der Waals surface area contributed by atoms with Gasteiger partial charge in [0.05, 0.1) is 0 Å². The van der Waals surface area contributed by atoms with E-state index in [4.69, 9.17) is 0 Å². The van der Waals surface area contributed by atoms with E-state index in [0.29, 0.717) is 6.04 Å². The second-order valence-electron chi connectivity index (χ2n) is 6.92. The summed E-state index contributed by atoms with van der Waals surface area (Å²) in [5.74, 6) is 0. The number of nitrogens with zero attached hydrogens (tertiary/aromatic N) is 3. The molecule has 0 saturated carbocycles. The highest BCUT2D eigenvalue weighted by Crippen LogP contribution is 2.19. The second kappa shape index (κ2) is 7.74. The second-order valence-corrected chi connectivity index (χ2v) is 6.92. The van der Waals surface area contributed by atoms with Crippen LogP contribution in [0.1, 0.15) is 33.1 Å². The predicted molar refractivity (Wildman–Crippen MR) is 86.3 cm³/mol. The Kier molecular flexibility index (Phi) is 6.27. The molecule has 1 N–H and O–H groups in total. The minimum atomic E-state index is 0.705. The molecule has 3 unspecified atom stereocenters. The molecule has 20 heavy (non-hydrogen) atoms. The third-order valence-electron chi connectivity index (χ3n) is 5.12. The maximum absolute atomic E-state index is 3.70. The van der Waals surface area contributed by atoms with E-state index in [1.165, 1.54) is 58.5 Å². The summed E-state index contributed by atoms with van der Waals surface area (Å²) >= 11 is 0. The number of hydrogen-bond donors (Lipinski definition) is 1. The third-order valence-corrected chi connectivity index (χ3v) is 5.12. The Morgan fingerprint density at radius 2 is 1.95 bits per heavy atom. The van der Waals surface area contributed by atoms with Crippen LogP contribution in [0.15, 0.2) is 0 Å². The molecule has 0 spiro atoms. The summed E-state index contributed by atoms with van der Waals surface area (Å²) in [5, 5.41) is 3.70. The first-order chi connectivity index (χ1) is 9.60. The Hall–Kier alpha value is -0.160. The number of nitrogens with one attached hydrogen (secondary N) is 1. The average Bonchev–Trinajstić information content (AvgIpc) is 2.43. The van der Waals surface area contributed by atoms with Crippen LogP contribution in [0.2, 0.25) is 0 Å². The van der Waals surface area contributed by atoms with Gasteiger partial charge in [0.2, 0.25) is 0 Å². The lowest BCUT2D eigenvalue weighted by atomic mass is 9.97. The minimum absolute atomic E-state index is 0.705. The molecular weight excluding hydrogens is 248 g/mol. The van der Waals surface area contributed by atoms with Crippen molar-refractivity contribution in [1.29, 1.82) is 0 Å². The topological polar surface area (TPSA) is 21.8 Å². The lowest BCUT2D eigenvalue weighted by Gasteiger charge is -2.44. The molecule has 2 aliphatic heterocycles. The van der Waals surface area contributed by atoms with E-state index < -0.39 is 0 Å². The molecule has 2 fully saturated rings. The summed E-state index contributed by atoms with van der Waals surface area (Å²) in [6.07, 6.45) is 3.87. The van der Waals surface area contributed by atoms with Crippen LogP contribution in [0.3, 0.4) is 0 Å².